The maximum Gasteiger partial charge on any atom is 0.146 e. The average Bonchev–Trinajstić information content (AvgIpc) is 2.71. The molecular formula is C11H14FNOS. The summed E-state index contributed by atoms with van der Waals surface area (Å²) < 4.78 is 13.4. The molecule has 2 nitrogen and oxygen atoms in total. The molecule has 82 valence electrons. The molecule has 0 saturated carbocycles. The van der Waals surface area contributed by atoms with Gasteiger partial charge in [-0.15, -0.1) is 0 Å². The Morgan fingerprint density at radius 2 is 2.27 bits per heavy atom. The van der Waals surface area contributed by atoms with E-state index in [2.05, 4.69) is 5.32 Å². The second-order valence-corrected chi connectivity index (χ2v) is 4.95. The summed E-state index contributed by atoms with van der Waals surface area (Å²) in [5, 5.41) is 12.5. The van der Waals surface area contributed by atoms with Crippen LogP contribution >= 0.6 is 11.8 Å². The standard InChI is InChI=1S/C11H14FNOS/c12-9-3-1-2-4-10(9)13-11(7-14)5-6-15-8-11/h1-4,13-14H,5-8H2. The number of aliphatic hydroxyl groups is 1. The minimum absolute atomic E-state index is 0.0499. The third-order valence-electron chi connectivity index (χ3n) is 2.68. The molecule has 1 fully saturated rings. The van der Waals surface area contributed by atoms with Crippen LogP contribution in [0.15, 0.2) is 24.3 Å². The lowest BCUT2D eigenvalue weighted by molar-refractivity contribution is 0.226. The Bertz CT molecular complexity index is 339. The topological polar surface area (TPSA) is 32.3 Å². The molecule has 2 N–H and O–H groups in total. The number of benzene rings is 1. The molecule has 1 aromatic rings. The van der Waals surface area contributed by atoms with Crippen LogP contribution in [0.3, 0.4) is 0 Å². The quantitative estimate of drug-likeness (QED) is 0.829. The van der Waals surface area contributed by atoms with Gasteiger partial charge in [-0.05, 0) is 24.3 Å². The first-order chi connectivity index (χ1) is 7.26. The zero-order valence-electron chi connectivity index (χ0n) is 8.37. The van der Waals surface area contributed by atoms with Crippen LogP contribution in [-0.4, -0.2) is 28.8 Å². The van der Waals surface area contributed by atoms with Crippen molar-refractivity contribution in [1.82, 2.24) is 0 Å². The van der Waals surface area contributed by atoms with E-state index in [1.807, 2.05) is 0 Å². The lowest BCUT2D eigenvalue weighted by atomic mass is 10.00. The zero-order chi connectivity index (χ0) is 10.7. The van der Waals surface area contributed by atoms with Crippen LogP contribution in [0, 0.1) is 5.82 Å². The molecule has 1 unspecified atom stereocenters. The summed E-state index contributed by atoms with van der Waals surface area (Å²) in [7, 11) is 0. The molecule has 0 bridgehead atoms. The Balaban J connectivity index is 2.16. The number of halogens is 1. The molecule has 1 aliphatic heterocycles. The highest BCUT2D eigenvalue weighted by Gasteiger charge is 2.34. The van der Waals surface area contributed by atoms with E-state index < -0.39 is 0 Å². The van der Waals surface area contributed by atoms with Crippen LogP contribution in [0.5, 0.6) is 0 Å². The fraction of sp³-hybridized carbons (Fsp3) is 0.455. The van der Waals surface area contributed by atoms with Gasteiger partial charge in [0, 0.05) is 5.75 Å². The molecule has 1 atom stereocenters. The van der Waals surface area contributed by atoms with Crippen LogP contribution in [0.4, 0.5) is 10.1 Å². The highest BCUT2D eigenvalue weighted by Crippen LogP contribution is 2.31. The Morgan fingerprint density at radius 1 is 1.47 bits per heavy atom. The van der Waals surface area contributed by atoms with Crippen LogP contribution in [0.25, 0.3) is 0 Å². The first-order valence-corrected chi connectivity index (χ1v) is 6.13. The van der Waals surface area contributed by atoms with Gasteiger partial charge in [0.05, 0.1) is 17.8 Å². The summed E-state index contributed by atoms with van der Waals surface area (Å²) in [5.41, 5.74) is 0.140. The van der Waals surface area contributed by atoms with E-state index in [9.17, 15) is 9.50 Å². The molecule has 1 aromatic carbocycles. The molecule has 0 amide bonds. The van der Waals surface area contributed by atoms with E-state index in [4.69, 9.17) is 0 Å². The molecule has 0 aliphatic carbocycles. The van der Waals surface area contributed by atoms with Gasteiger partial charge < -0.3 is 10.4 Å². The number of hydrogen-bond acceptors (Lipinski definition) is 3. The van der Waals surface area contributed by atoms with Gasteiger partial charge in [-0.25, -0.2) is 4.39 Å². The van der Waals surface area contributed by atoms with Crippen molar-refractivity contribution in [2.24, 2.45) is 0 Å². The molecule has 0 radical (unpaired) electrons. The number of para-hydroxylation sites is 1. The zero-order valence-corrected chi connectivity index (χ0v) is 9.19. The summed E-state index contributed by atoms with van der Waals surface area (Å²) in [6.07, 6.45) is 0.877. The van der Waals surface area contributed by atoms with Gasteiger partial charge in [0.2, 0.25) is 0 Å². The summed E-state index contributed by atoms with van der Waals surface area (Å²) in [6, 6.07) is 6.58. The Kier molecular flexibility index (Phi) is 3.17. The van der Waals surface area contributed by atoms with Gasteiger partial charge in [-0.1, -0.05) is 12.1 Å². The van der Waals surface area contributed by atoms with Crippen LogP contribution in [0.1, 0.15) is 6.42 Å². The summed E-state index contributed by atoms with van der Waals surface area (Å²) in [5.74, 6) is 1.59. The van der Waals surface area contributed by atoms with Crippen molar-refractivity contribution in [2.45, 2.75) is 12.0 Å². The van der Waals surface area contributed by atoms with E-state index in [0.29, 0.717) is 5.69 Å². The second-order valence-electron chi connectivity index (χ2n) is 3.85. The minimum atomic E-state index is -0.340. The Labute approximate surface area is 92.9 Å². The largest absolute Gasteiger partial charge is 0.394 e. The van der Waals surface area contributed by atoms with Crippen molar-refractivity contribution in [1.29, 1.82) is 0 Å². The summed E-state index contributed by atoms with van der Waals surface area (Å²) in [4.78, 5) is 0. The predicted octanol–water partition coefficient (Wildman–Crippen LogP) is 2.11. The number of anilines is 1. The van der Waals surface area contributed by atoms with Crippen molar-refractivity contribution in [3.63, 3.8) is 0 Å². The first kappa shape index (κ1) is 10.8. The molecular weight excluding hydrogens is 213 g/mol. The first-order valence-electron chi connectivity index (χ1n) is 4.97. The Morgan fingerprint density at radius 3 is 2.87 bits per heavy atom. The molecule has 1 saturated heterocycles. The van der Waals surface area contributed by atoms with Crippen LogP contribution in [0.2, 0.25) is 0 Å². The molecule has 15 heavy (non-hydrogen) atoms. The van der Waals surface area contributed by atoms with Crippen LogP contribution < -0.4 is 5.32 Å². The van der Waals surface area contributed by atoms with E-state index in [0.717, 1.165) is 17.9 Å². The van der Waals surface area contributed by atoms with E-state index in [-0.39, 0.29) is 18.0 Å². The number of hydrogen-bond donors (Lipinski definition) is 2. The molecule has 1 aliphatic rings. The summed E-state index contributed by atoms with van der Waals surface area (Å²) in [6.45, 7) is 0.0499. The van der Waals surface area contributed by atoms with Gasteiger partial charge in [0.1, 0.15) is 5.82 Å². The van der Waals surface area contributed by atoms with E-state index >= 15 is 0 Å². The lowest BCUT2D eigenvalue weighted by Gasteiger charge is -2.28. The van der Waals surface area contributed by atoms with E-state index in [1.165, 1.54) is 6.07 Å². The smallest absolute Gasteiger partial charge is 0.146 e. The van der Waals surface area contributed by atoms with Gasteiger partial charge >= 0.3 is 0 Å². The maximum absolute atomic E-state index is 13.4. The molecule has 2 rings (SSSR count). The molecule has 4 heteroatoms. The highest BCUT2D eigenvalue weighted by molar-refractivity contribution is 7.99. The third kappa shape index (κ3) is 2.26. The molecule has 0 aromatic heterocycles. The van der Waals surface area contributed by atoms with Crippen LogP contribution in [-0.2, 0) is 0 Å². The monoisotopic (exact) mass is 227 g/mol. The fourth-order valence-electron chi connectivity index (χ4n) is 1.72. The van der Waals surface area contributed by atoms with Gasteiger partial charge in [-0.2, -0.15) is 11.8 Å². The SMILES string of the molecule is OCC1(Nc2ccccc2F)CCSC1. The van der Waals surface area contributed by atoms with Crippen molar-refractivity contribution in [3.8, 4) is 0 Å². The molecule has 1 heterocycles. The van der Waals surface area contributed by atoms with Gasteiger partial charge in [0.15, 0.2) is 0 Å². The second kappa shape index (κ2) is 4.41. The fourth-order valence-corrected chi connectivity index (χ4v) is 3.10. The van der Waals surface area contributed by atoms with Crippen molar-refractivity contribution in [2.75, 3.05) is 23.4 Å². The molecule has 0 spiro atoms. The normalized spacial score (nSPS) is 25.5. The highest BCUT2D eigenvalue weighted by atomic mass is 32.2. The van der Waals surface area contributed by atoms with E-state index in [1.54, 1.807) is 30.0 Å². The number of thioether (sulfide) groups is 1. The van der Waals surface area contributed by atoms with Crippen molar-refractivity contribution >= 4 is 17.4 Å². The predicted molar refractivity (Wildman–Crippen MR) is 61.8 cm³/mol. The third-order valence-corrected chi connectivity index (χ3v) is 3.93. The number of nitrogens with one attached hydrogen (secondary N) is 1. The lowest BCUT2D eigenvalue weighted by Crippen LogP contribution is -2.42. The maximum atomic E-state index is 13.4. The van der Waals surface area contributed by atoms with Gasteiger partial charge in [0.25, 0.3) is 0 Å². The number of rotatable bonds is 3. The van der Waals surface area contributed by atoms with Gasteiger partial charge in [-0.3, -0.25) is 0 Å². The summed E-state index contributed by atoms with van der Waals surface area (Å²) >= 11 is 1.79. The van der Waals surface area contributed by atoms with Crippen molar-refractivity contribution < 1.29 is 9.50 Å². The number of aliphatic hydroxyl groups excluding tert-OH is 1. The minimum Gasteiger partial charge on any atom is -0.394 e. The van der Waals surface area contributed by atoms with Crippen molar-refractivity contribution in [3.05, 3.63) is 30.1 Å². The average molecular weight is 227 g/mol. The Hall–Kier alpha value is -0.740.